The second kappa shape index (κ2) is 7.57. The summed E-state index contributed by atoms with van der Waals surface area (Å²) in [6.07, 6.45) is 7.99. The Bertz CT molecular complexity index is 825. The Hall–Kier alpha value is -2.87. The number of hydrogen-bond donors (Lipinski definition) is 0. The molecule has 1 fully saturated rings. The van der Waals surface area contributed by atoms with E-state index >= 15 is 0 Å². The van der Waals surface area contributed by atoms with Crippen LogP contribution in [0, 0.1) is 0 Å². The van der Waals surface area contributed by atoms with Crippen molar-refractivity contribution in [2.24, 2.45) is 0 Å². The minimum Gasteiger partial charge on any atom is -0.338 e. The maximum Gasteiger partial charge on any atom is 0.225 e. The van der Waals surface area contributed by atoms with Gasteiger partial charge in [-0.15, -0.1) is 0 Å². The van der Waals surface area contributed by atoms with Crippen molar-refractivity contribution in [2.45, 2.75) is 19.9 Å². The Morgan fingerprint density at radius 1 is 1.00 bits per heavy atom. The van der Waals surface area contributed by atoms with Gasteiger partial charge in [0.1, 0.15) is 5.82 Å². The van der Waals surface area contributed by atoms with E-state index in [-0.39, 0.29) is 0 Å². The summed E-state index contributed by atoms with van der Waals surface area (Å²) in [5.74, 6) is 2.62. The van der Waals surface area contributed by atoms with Gasteiger partial charge in [-0.2, -0.15) is 5.10 Å². The Morgan fingerprint density at radius 2 is 1.81 bits per heavy atom. The fourth-order valence-electron chi connectivity index (χ4n) is 3.09. The van der Waals surface area contributed by atoms with Crippen LogP contribution in [0.2, 0.25) is 0 Å². The Morgan fingerprint density at radius 3 is 2.50 bits per heavy atom. The molecule has 8 nitrogen and oxygen atoms in total. The lowest BCUT2D eigenvalue weighted by Gasteiger charge is -2.34. The molecule has 4 rings (SSSR count). The van der Waals surface area contributed by atoms with Crippen LogP contribution in [0.5, 0.6) is 0 Å². The van der Waals surface area contributed by atoms with Crippen LogP contribution in [0.1, 0.15) is 18.6 Å². The van der Waals surface area contributed by atoms with Crippen molar-refractivity contribution in [3.05, 3.63) is 54.6 Å². The largest absolute Gasteiger partial charge is 0.338 e. The van der Waals surface area contributed by atoms with E-state index in [0.29, 0.717) is 0 Å². The van der Waals surface area contributed by atoms with Gasteiger partial charge >= 0.3 is 0 Å². The molecule has 0 atom stereocenters. The van der Waals surface area contributed by atoms with Gasteiger partial charge in [0.2, 0.25) is 5.95 Å². The Kier molecular flexibility index (Phi) is 4.83. The lowest BCUT2D eigenvalue weighted by molar-refractivity contribution is 0.241. The van der Waals surface area contributed by atoms with Crippen LogP contribution < -0.4 is 4.90 Å². The molecular formula is C18H22N8. The third-order valence-corrected chi connectivity index (χ3v) is 4.50. The van der Waals surface area contributed by atoms with Crippen LogP contribution in [0.25, 0.3) is 5.69 Å². The van der Waals surface area contributed by atoms with Crippen molar-refractivity contribution in [2.75, 3.05) is 31.1 Å². The molecule has 0 bridgehead atoms. The zero-order chi connectivity index (χ0) is 17.8. The van der Waals surface area contributed by atoms with E-state index in [0.717, 1.165) is 62.4 Å². The molecule has 0 aromatic carbocycles. The van der Waals surface area contributed by atoms with Crippen molar-refractivity contribution in [1.82, 2.24) is 34.6 Å². The van der Waals surface area contributed by atoms with Crippen LogP contribution in [-0.2, 0) is 13.0 Å². The minimum atomic E-state index is 0.769. The Balaban J connectivity index is 1.46. The summed E-state index contributed by atoms with van der Waals surface area (Å²) >= 11 is 0. The summed E-state index contributed by atoms with van der Waals surface area (Å²) in [4.78, 5) is 22.2. The predicted octanol–water partition coefficient (Wildman–Crippen LogP) is 1.34. The third kappa shape index (κ3) is 3.55. The van der Waals surface area contributed by atoms with E-state index in [2.05, 4.69) is 36.8 Å². The molecule has 8 heteroatoms. The molecule has 0 amide bonds. The average molecular weight is 350 g/mol. The van der Waals surface area contributed by atoms with Gasteiger partial charge in [-0.1, -0.05) is 6.92 Å². The highest BCUT2D eigenvalue weighted by Crippen LogP contribution is 2.14. The standard InChI is InChI=1S/C18H22N8/c1-2-16-22-17(26(23-16)15-5-3-6-19-13-15)14-24-9-11-25(12-10-24)18-20-7-4-8-21-18/h3-8,13H,2,9-12,14H2,1H3. The van der Waals surface area contributed by atoms with Crippen LogP contribution >= 0.6 is 0 Å². The van der Waals surface area contributed by atoms with Crippen molar-refractivity contribution in [1.29, 1.82) is 0 Å². The second-order valence-corrected chi connectivity index (χ2v) is 6.23. The van der Waals surface area contributed by atoms with Crippen molar-refractivity contribution >= 4 is 5.95 Å². The first-order valence-electron chi connectivity index (χ1n) is 8.93. The van der Waals surface area contributed by atoms with E-state index in [9.17, 15) is 0 Å². The molecular weight excluding hydrogens is 328 g/mol. The number of aromatic nitrogens is 6. The minimum absolute atomic E-state index is 0.769. The molecule has 1 aliphatic heterocycles. The number of aryl methyl sites for hydroxylation is 1. The number of nitrogens with zero attached hydrogens (tertiary/aromatic N) is 8. The van der Waals surface area contributed by atoms with Crippen LogP contribution in [0.15, 0.2) is 43.0 Å². The van der Waals surface area contributed by atoms with E-state index in [1.165, 1.54) is 0 Å². The SMILES string of the molecule is CCc1nc(CN2CCN(c3ncccn3)CC2)n(-c2cccnc2)n1. The molecule has 3 aromatic rings. The Labute approximate surface area is 152 Å². The molecule has 0 N–H and O–H groups in total. The zero-order valence-electron chi connectivity index (χ0n) is 14.9. The molecule has 0 spiro atoms. The summed E-state index contributed by atoms with van der Waals surface area (Å²) in [5.41, 5.74) is 0.950. The number of hydrogen-bond acceptors (Lipinski definition) is 7. The fraction of sp³-hybridized carbons (Fsp3) is 0.389. The van der Waals surface area contributed by atoms with Gasteiger partial charge in [0.15, 0.2) is 5.82 Å². The van der Waals surface area contributed by atoms with Crippen LogP contribution in [0.4, 0.5) is 5.95 Å². The highest BCUT2D eigenvalue weighted by atomic mass is 15.4. The van der Waals surface area contributed by atoms with Gasteiger partial charge in [-0.25, -0.2) is 19.6 Å². The first-order valence-corrected chi connectivity index (χ1v) is 8.93. The highest BCUT2D eigenvalue weighted by Gasteiger charge is 2.21. The summed E-state index contributed by atoms with van der Waals surface area (Å²) < 4.78 is 1.92. The molecule has 26 heavy (non-hydrogen) atoms. The highest BCUT2D eigenvalue weighted by molar-refractivity contribution is 5.30. The molecule has 0 radical (unpaired) electrons. The topological polar surface area (TPSA) is 75.9 Å². The van der Waals surface area contributed by atoms with Gasteiger partial charge in [0, 0.05) is 51.2 Å². The molecule has 1 aliphatic rings. The van der Waals surface area contributed by atoms with Gasteiger partial charge < -0.3 is 4.90 Å². The van der Waals surface area contributed by atoms with E-state index in [4.69, 9.17) is 4.98 Å². The van der Waals surface area contributed by atoms with E-state index in [1.807, 2.05) is 29.1 Å². The molecule has 4 heterocycles. The van der Waals surface area contributed by atoms with Crippen molar-refractivity contribution in [3.63, 3.8) is 0 Å². The zero-order valence-corrected chi connectivity index (χ0v) is 14.9. The lowest BCUT2D eigenvalue weighted by atomic mass is 10.3. The summed E-state index contributed by atoms with van der Waals surface area (Å²) in [6.45, 7) is 6.55. The summed E-state index contributed by atoms with van der Waals surface area (Å²) in [7, 11) is 0. The van der Waals surface area contributed by atoms with E-state index < -0.39 is 0 Å². The quantitative estimate of drug-likeness (QED) is 0.687. The smallest absolute Gasteiger partial charge is 0.225 e. The monoisotopic (exact) mass is 350 g/mol. The third-order valence-electron chi connectivity index (χ3n) is 4.50. The molecule has 0 unspecified atom stereocenters. The predicted molar refractivity (Wildman–Crippen MR) is 98.1 cm³/mol. The lowest BCUT2D eigenvalue weighted by Crippen LogP contribution is -2.46. The summed E-state index contributed by atoms with van der Waals surface area (Å²) in [6, 6.07) is 5.77. The second-order valence-electron chi connectivity index (χ2n) is 6.23. The molecule has 3 aromatic heterocycles. The molecule has 0 aliphatic carbocycles. The molecule has 1 saturated heterocycles. The van der Waals surface area contributed by atoms with Gasteiger partial charge in [-0.05, 0) is 18.2 Å². The number of pyridine rings is 1. The molecule has 134 valence electrons. The number of piperazine rings is 1. The fourth-order valence-corrected chi connectivity index (χ4v) is 3.09. The van der Waals surface area contributed by atoms with Gasteiger partial charge in [-0.3, -0.25) is 9.88 Å². The van der Waals surface area contributed by atoms with Crippen molar-refractivity contribution < 1.29 is 0 Å². The molecule has 0 saturated carbocycles. The first-order chi connectivity index (χ1) is 12.8. The normalized spacial score (nSPS) is 15.3. The van der Waals surface area contributed by atoms with Crippen LogP contribution in [0.3, 0.4) is 0 Å². The number of anilines is 1. The summed E-state index contributed by atoms with van der Waals surface area (Å²) in [5, 5.41) is 4.64. The average Bonchev–Trinajstić information content (AvgIpc) is 3.13. The maximum atomic E-state index is 4.72. The van der Waals surface area contributed by atoms with Crippen LogP contribution in [-0.4, -0.2) is 60.8 Å². The van der Waals surface area contributed by atoms with Gasteiger partial charge in [0.25, 0.3) is 0 Å². The van der Waals surface area contributed by atoms with Gasteiger partial charge in [0.05, 0.1) is 18.4 Å². The van der Waals surface area contributed by atoms with Crippen molar-refractivity contribution in [3.8, 4) is 5.69 Å². The first kappa shape index (κ1) is 16.6. The van der Waals surface area contributed by atoms with E-state index in [1.54, 1.807) is 18.6 Å². The number of rotatable bonds is 5. The maximum absolute atomic E-state index is 4.72.